The molecule has 0 aliphatic heterocycles. The van der Waals surface area contributed by atoms with Gasteiger partial charge in [0, 0.05) is 13.0 Å². The van der Waals surface area contributed by atoms with E-state index in [0.29, 0.717) is 19.4 Å². The minimum absolute atomic E-state index is 0.215. The summed E-state index contributed by atoms with van der Waals surface area (Å²) in [6.45, 7) is 4.29. The van der Waals surface area contributed by atoms with Crippen LogP contribution in [0.3, 0.4) is 0 Å². The number of carbonyl (C=O) groups excluding carboxylic acids is 1. The maximum atomic E-state index is 11.0. The lowest BCUT2D eigenvalue weighted by molar-refractivity contribution is -0.140. The first-order valence-electron chi connectivity index (χ1n) is 6.46. The second-order valence-electron chi connectivity index (χ2n) is 4.20. The first kappa shape index (κ1) is 17.5. The van der Waals surface area contributed by atoms with Crippen molar-refractivity contribution in [2.75, 3.05) is 20.3 Å². The molecule has 1 N–H and O–H groups in total. The summed E-state index contributed by atoms with van der Waals surface area (Å²) in [5.41, 5.74) is 1.17. The van der Waals surface area contributed by atoms with Gasteiger partial charge in [0.2, 0.25) is 0 Å². The molecule has 0 spiro atoms. The van der Waals surface area contributed by atoms with Crippen LogP contribution in [-0.2, 0) is 16.1 Å². The maximum Gasteiger partial charge on any atom is 0.305 e. The molecular formula is C14H19Br2NO3. The van der Waals surface area contributed by atoms with Crippen molar-refractivity contribution in [3.63, 3.8) is 0 Å². The fourth-order valence-electron chi connectivity index (χ4n) is 1.61. The minimum Gasteiger partial charge on any atom is -0.491 e. The number of esters is 1. The van der Waals surface area contributed by atoms with Gasteiger partial charge >= 0.3 is 5.97 Å². The van der Waals surface area contributed by atoms with Crippen LogP contribution in [0.25, 0.3) is 0 Å². The number of rotatable bonds is 8. The van der Waals surface area contributed by atoms with E-state index in [1.54, 1.807) is 0 Å². The largest absolute Gasteiger partial charge is 0.491 e. The lowest BCUT2D eigenvalue weighted by Gasteiger charge is -2.12. The van der Waals surface area contributed by atoms with Crippen LogP contribution in [0.1, 0.15) is 25.3 Å². The molecule has 0 saturated heterocycles. The number of methoxy groups -OCH3 is 1. The van der Waals surface area contributed by atoms with E-state index in [9.17, 15) is 4.79 Å². The van der Waals surface area contributed by atoms with Crippen molar-refractivity contribution in [1.29, 1.82) is 0 Å². The van der Waals surface area contributed by atoms with Crippen molar-refractivity contribution < 1.29 is 14.3 Å². The summed E-state index contributed by atoms with van der Waals surface area (Å²) in [6.07, 6.45) is 0.995. The smallest absolute Gasteiger partial charge is 0.305 e. The van der Waals surface area contributed by atoms with E-state index in [1.807, 2.05) is 12.1 Å². The molecular weight excluding hydrogens is 390 g/mol. The molecule has 0 aliphatic carbocycles. The Morgan fingerprint density at radius 3 is 2.50 bits per heavy atom. The van der Waals surface area contributed by atoms with Crippen molar-refractivity contribution in [2.45, 2.75) is 26.3 Å². The predicted molar refractivity (Wildman–Crippen MR) is 86.0 cm³/mol. The molecule has 0 aliphatic rings. The normalized spacial score (nSPS) is 10.4. The van der Waals surface area contributed by atoms with Gasteiger partial charge in [-0.25, -0.2) is 0 Å². The van der Waals surface area contributed by atoms with Crippen molar-refractivity contribution >= 4 is 37.8 Å². The molecule has 0 atom stereocenters. The Kier molecular flexibility index (Phi) is 8.18. The highest BCUT2D eigenvalue weighted by Gasteiger charge is 2.09. The van der Waals surface area contributed by atoms with E-state index in [4.69, 9.17) is 4.74 Å². The highest BCUT2D eigenvalue weighted by Crippen LogP contribution is 2.34. The van der Waals surface area contributed by atoms with Crippen LogP contribution in [0.2, 0.25) is 0 Å². The minimum atomic E-state index is -0.215. The SMILES string of the molecule is CCNCc1cc(Br)c(OCCCC(=O)OC)c(Br)c1. The zero-order chi connectivity index (χ0) is 15.0. The van der Waals surface area contributed by atoms with E-state index in [-0.39, 0.29) is 5.97 Å². The van der Waals surface area contributed by atoms with E-state index in [2.05, 4.69) is 48.8 Å². The third kappa shape index (κ3) is 5.81. The number of carbonyl (C=O) groups is 1. The van der Waals surface area contributed by atoms with Gasteiger partial charge in [-0.05, 0) is 62.5 Å². The number of nitrogens with one attached hydrogen (secondary N) is 1. The standard InChI is InChI=1S/C14H19Br2NO3/c1-3-17-9-10-7-11(15)14(12(16)8-10)20-6-4-5-13(18)19-2/h7-8,17H,3-6,9H2,1-2H3. The molecule has 0 radical (unpaired) electrons. The van der Waals surface area contributed by atoms with Crippen LogP contribution < -0.4 is 10.1 Å². The van der Waals surface area contributed by atoms with Gasteiger partial charge in [-0.3, -0.25) is 4.79 Å². The second kappa shape index (κ2) is 9.37. The Balaban J connectivity index is 2.55. The molecule has 0 bridgehead atoms. The second-order valence-corrected chi connectivity index (χ2v) is 5.91. The fraction of sp³-hybridized carbons (Fsp3) is 0.500. The molecule has 0 aromatic heterocycles. The van der Waals surface area contributed by atoms with E-state index >= 15 is 0 Å². The van der Waals surface area contributed by atoms with Gasteiger partial charge in [-0.2, -0.15) is 0 Å². The molecule has 20 heavy (non-hydrogen) atoms. The highest BCUT2D eigenvalue weighted by atomic mass is 79.9. The number of hydrogen-bond donors (Lipinski definition) is 1. The lowest BCUT2D eigenvalue weighted by atomic mass is 10.2. The van der Waals surface area contributed by atoms with Gasteiger partial charge in [0.05, 0.1) is 22.7 Å². The van der Waals surface area contributed by atoms with Crippen molar-refractivity contribution in [3.05, 3.63) is 26.6 Å². The first-order chi connectivity index (χ1) is 9.58. The lowest BCUT2D eigenvalue weighted by Crippen LogP contribution is -2.12. The summed E-state index contributed by atoms with van der Waals surface area (Å²) in [6, 6.07) is 4.06. The quantitative estimate of drug-likeness (QED) is 0.526. The summed E-state index contributed by atoms with van der Waals surface area (Å²) in [5.74, 6) is 0.544. The highest BCUT2D eigenvalue weighted by molar-refractivity contribution is 9.11. The summed E-state index contributed by atoms with van der Waals surface area (Å²) in [4.78, 5) is 11.0. The van der Waals surface area contributed by atoms with Gasteiger partial charge in [-0.1, -0.05) is 6.92 Å². The summed E-state index contributed by atoms with van der Waals surface area (Å²) < 4.78 is 12.1. The van der Waals surface area contributed by atoms with E-state index < -0.39 is 0 Å². The average Bonchev–Trinajstić information content (AvgIpc) is 2.43. The van der Waals surface area contributed by atoms with Gasteiger partial charge < -0.3 is 14.8 Å². The summed E-state index contributed by atoms with van der Waals surface area (Å²) >= 11 is 7.02. The summed E-state index contributed by atoms with van der Waals surface area (Å²) in [5, 5.41) is 3.28. The Labute approximate surface area is 136 Å². The predicted octanol–water partition coefficient (Wildman–Crippen LogP) is 3.65. The third-order valence-electron chi connectivity index (χ3n) is 2.64. The number of halogens is 2. The van der Waals surface area contributed by atoms with E-state index in [1.165, 1.54) is 12.7 Å². The summed E-state index contributed by atoms with van der Waals surface area (Å²) in [7, 11) is 1.39. The van der Waals surface area contributed by atoms with Crippen molar-refractivity contribution in [3.8, 4) is 5.75 Å². The third-order valence-corrected chi connectivity index (χ3v) is 3.81. The Morgan fingerprint density at radius 1 is 1.30 bits per heavy atom. The van der Waals surface area contributed by atoms with Crippen LogP contribution in [0.4, 0.5) is 0 Å². The Hall–Kier alpha value is -0.590. The zero-order valence-electron chi connectivity index (χ0n) is 11.7. The molecule has 0 unspecified atom stereocenters. The van der Waals surface area contributed by atoms with E-state index in [0.717, 1.165) is 27.8 Å². The molecule has 0 heterocycles. The van der Waals surface area contributed by atoms with Crippen molar-refractivity contribution in [1.82, 2.24) is 5.32 Å². The van der Waals surface area contributed by atoms with Crippen molar-refractivity contribution in [2.24, 2.45) is 0 Å². The number of ether oxygens (including phenoxy) is 2. The monoisotopic (exact) mass is 407 g/mol. The molecule has 1 aromatic rings. The fourth-order valence-corrected chi connectivity index (χ4v) is 3.12. The van der Waals surface area contributed by atoms with Gasteiger partial charge in [-0.15, -0.1) is 0 Å². The van der Waals surface area contributed by atoms with Gasteiger partial charge in [0.15, 0.2) is 0 Å². The maximum absolute atomic E-state index is 11.0. The zero-order valence-corrected chi connectivity index (χ0v) is 14.8. The van der Waals surface area contributed by atoms with Crippen LogP contribution in [0.15, 0.2) is 21.1 Å². The Morgan fingerprint density at radius 2 is 1.95 bits per heavy atom. The molecule has 0 fully saturated rings. The van der Waals surface area contributed by atoms with Gasteiger partial charge in [0.1, 0.15) is 5.75 Å². The number of benzene rings is 1. The van der Waals surface area contributed by atoms with Crippen LogP contribution in [0.5, 0.6) is 5.75 Å². The number of hydrogen-bond acceptors (Lipinski definition) is 4. The van der Waals surface area contributed by atoms with Crippen LogP contribution >= 0.6 is 31.9 Å². The molecule has 1 aromatic carbocycles. The molecule has 0 amide bonds. The average molecular weight is 409 g/mol. The van der Waals surface area contributed by atoms with Crippen LogP contribution in [0, 0.1) is 0 Å². The topological polar surface area (TPSA) is 47.6 Å². The Bertz CT molecular complexity index is 429. The molecule has 4 nitrogen and oxygen atoms in total. The van der Waals surface area contributed by atoms with Gasteiger partial charge in [0.25, 0.3) is 0 Å². The van der Waals surface area contributed by atoms with Crippen LogP contribution in [-0.4, -0.2) is 26.2 Å². The molecule has 112 valence electrons. The molecule has 0 saturated carbocycles. The molecule has 1 rings (SSSR count). The molecule has 6 heteroatoms. The first-order valence-corrected chi connectivity index (χ1v) is 8.05.